The monoisotopic (exact) mass is 253 g/mol. The topological polar surface area (TPSA) is 32.7 Å². The van der Waals surface area contributed by atoms with E-state index in [0.717, 1.165) is 31.7 Å². The van der Waals surface area contributed by atoms with Gasteiger partial charge in [-0.25, -0.2) is 0 Å². The molecule has 0 radical (unpaired) electrons. The fraction of sp³-hybridized carbons (Fsp3) is 0.538. The van der Waals surface area contributed by atoms with Crippen molar-refractivity contribution in [1.29, 1.82) is 0 Å². The first kappa shape index (κ1) is 14.2. The maximum atomic E-state index is 8.61. The Hall–Kier alpha value is -0.860. The van der Waals surface area contributed by atoms with Gasteiger partial charge in [-0.1, -0.05) is 11.8 Å². The number of hydrogen-bond donors (Lipinski definition) is 1. The standard InChI is InChI=1S/C13H19NO2S/c1-14(6-4-8-16-2)10-13-9-12(11-17-13)5-3-7-15/h9,11,15H,4,6-8,10H2,1-2H3. The van der Waals surface area contributed by atoms with Crippen molar-refractivity contribution in [2.75, 3.05) is 33.9 Å². The fourth-order valence-electron chi connectivity index (χ4n) is 1.49. The summed E-state index contributed by atoms with van der Waals surface area (Å²) in [7, 11) is 3.83. The molecule has 0 aliphatic carbocycles. The van der Waals surface area contributed by atoms with Gasteiger partial charge in [-0.05, 0) is 19.5 Å². The molecule has 0 unspecified atom stereocenters. The predicted octanol–water partition coefficient (Wildman–Crippen LogP) is 1.56. The van der Waals surface area contributed by atoms with Crippen LogP contribution in [0.5, 0.6) is 0 Å². The number of aliphatic hydroxyl groups excluding tert-OH is 1. The number of hydrogen-bond acceptors (Lipinski definition) is 4. The molecule has 0 aliphatic heterocycles. The highest BCUT2D eigenvalue weighted by Gasteiger charge is 2.02. The summed E-state index contributed by atoms with van der Waals surface area (Å²) in [5, 5.41) is 10.6. The van der Waals surface area contributed by atoms with Gasteiger partial charge >= 0.3 is 0 Å². The largest absolute Gasteiger partial charge is 0.385 e. The highest BCUT2D eigenvalue weighted by atomic mass is 32.1. The molecule has 0 aromatic carbocycles. The predicted molar refractivity (Wildman–Crippen MR) is 71.1 cm³/mol. The van der Waals surface area contributed by atoms with Gasteiger partial charge in [0.1, 0.15) is 6.61 Å². The maximum Gasteiger partial charge on any atom is 0.104 e. The quantitative estimate of drug-likeness (QED) is 0.617. The molecule has 17 heavy (non-hydrogen) atoms. The van der Waals surface area contributed by atoms with Crippen molar-refractivity contribution < 1.29 is 9.84 Å². The zero-order valence-corrected chi connectivity index (χ0v) is 11.2. The Morgan fingerprint density at radius 1 is 1.53 bits per heavy atom. The molecule has 1 N–H and O–H groups in total. The highest BCUT2D eigenvalue weighted by molar-refractivity contribution is 7.10. The van der Waals surface area contributed by atoms with Crippen LogP contribution in [0.2, 0.25) is 0 Å². The first-order chi connectivity index (χ1) is 8.26. The molecule has 0 aliphatic rings. The van der Waals surface area contributed by atoms with Gasteiger partial charge < -0.3 is 14.7 Å². The SMILES string of the molecule is COCCCN(C)Cc1cc(C#CCO)cs1. The molecular formula is C13H19NO2S. The molecule has 94 valence electrons. The molecule has 0 saturated carbocycles. The van der Waals surface area contributed by atoms with Crippen LogP contribution in [0.25, 0.3) is 0 Å². The van der Waals surface area contributed by atoms with Crippen LogP contribution in [-0.2, 0) is 11.3 Å². The van der Waals surface area contributed by atoms with Crippen molar-refractivity contribution in [3.05, 3.63) is 21.9 Å². The second-order valence-electron chi connectivity index (χ2n) is 3.85. The van der Waals surface area contributed by atoms with Gasteiger partial charge in [-0.3, -0.25) is 0 Å². The summed E-state index contributed by atoms with van der Waals surface area (Å²) in [6, 6.07) is 2.08. The van der Waals surface area contributed by atoms with E-state index in [1.165, 1.54) is 4.88 Å². The Balaban J connectivity index is 2.37. The van der Waals surface area contributed by atoms with E-state index in [-0.39, 0.29) is 6.61 Å². The Kier molecular flexibility index (Phi) is 6.90. The Morgan fingerprint density at radius 2 is 2.35 bits per heavy atom. The van der Waals surface area contributed by atoms with E-state index >= 15 is 0 Å². The van der Waals surface area contributed by atoms with Gasteiger partial charge in [-0.2, -0.15) is 0 Å². The third kappa shape index (κ3) is 5.85. The average molecular weight is 253 g/mol. The van der Waals surface area contributed by atoms with Crippen molar-refractivity contribution in [3.63, 3.8) is 0 Å². The second kappa shape index (κ2) is 8.26. The minimum atomic E-state index is -0.0812. The lowest BCUT2D eigenvalue weighted by Gasteiger charge is -2.14. The molecular weight excluding hydrogens is 234 g/mol. The van der Waals surface area contributed by atoms with Crippen LogP contribution in [0.15, 0.2) is 11.4 Å². The first-order valence-corrected chi connectivity index (χ1v) is 6.49. The van der Waals surface area contributed by atoms with Gasteiger partial charge in [-0.15, -0.1) is 11.3 Å². The second-order valence-corrected chi connectivity index (χ2v) is 4.84. The van der Waals surface area contributed by atoms with Crippen LogP contribution in [0.4, 0.5) is 0 Å². The van der Waals surface area contributed by atoms with Crippen LogP contribution >= 0.6 is 11.3 Å². The normalized spacial score (nSPS) is 10.4. The summed E-state index contributed by atoms with van der Waals surface area (Å²) in [4.78, 5) is 3.57. The van der Waals surface area contributed by atoms with Crippen molar-refractivity contribution in [3.8, 4) is 11.8 Å². The van der Waals surface area contributed by atoms with E-state index in [1.54, 1.807) is 18.4 Å². The summed E-state index contributed by atoms with van der Waals surface area (Å²) in [5.41, 5.74) is 0.990. The third-order valence-electron chi connectivity index (χ3n) is 2.28. The van der Waals surface area contributed by atoms with Crippen LogP contribution in [-0.4, -0.2) is 43.9 Å². The van der Waals surface area contributed by atoms with Crippen molar-refractivity contribution in [2.45, 2.75) is 13.0 Å². The minimum Gasteiger partial charge on any atom is -0.385 e. The maximum absolute atomic E-state index is 8.61. The third-order valence-corrected chi connectivity index (χ3v) is 3.20. The van der Waals surface area contributed by atoms with E-state index in [0.29, 0.717) is 0 Å². The summed E-state index contributed by atoms with van der Waals surface area (Å²) in [6.07, 6.45) is 1.05. The smallest absolute Gasteiger partial charge is 0.104 e. The van der Waals surface area contributed by atoms with E-state index in [4.69, 9.17) is 9.84 Å². The van der Waals surface area contributed by atoms with Crippen molar-refractivity contribution in [1.82, 2.24) is 4.90 Å². The van der Waals surface area contributed by atoms with E-state index in [2.05, 4.69) is 29.9 Å². The summed E-state index contributed by atoms with van der Waals surface area (Å²) >= 11 is 1.71. The number of methoxy groups -OCH3 is 1. The van der Waals surface area contributed by atoms with Gasteiger partial charge in [0, 0.05) is 42.6 Å². The minimum absolute atomic E-state index is 0.0812. The Morgan fingerprint density at radius 3 is 3.06 bits per heavy atom. The number of thiophene rings is 1. The van der Waals surface area contributed by atoms with E-state index in [9.17, 15) is 0 Å². The van der Waals surface area contributed by atoms with Gasteiger partial charge in [0.25, 0.3) is 0 Å². The van der Waals surface area contributed by atoms with Crippen LogP contribution in [0.1, 0.15) is 16.9 Å². The van der Waals surface area contributed by atoms with Gasteiger partial charge in [0.05, 0.1) is 0 Å². The molecule has 1 rings (SSSR count). The zero-order chi connectivity index (χ0) is 12.5. The van der Waals surface area contributed by atoms with Crippen LogP contribution in [0, 0.1) is 11.8 Å². The Labute approximate surface area is 107 Å². The lowest BCUT2D eigenvalue weighted by molar-refractivity contribution is 0.178. The van der Waals surface area contributed by atoms with Gasteiger partial charge in [0.2, 0.25) is 0 Å². The molecule has 3 nitrogen and oxygen atoms in total. The molecule has 0 fully saturated rings. The zero-order valence-electron chi connectivity index (χ0n) is 10.4. The first-order valence-electron chi connectivity index (χ1n) is 5.61. The lowest BCUT2D eigenvalue weighted by Crippen LogP contribution is -2.19. The molecule has 1 heterocycles. The summed E-state index contributed by atoms with van der Waals surface area (Å²) in [6.45, 7) is 2.70. The van der Waals surface area contributed by atoms with Crippen molar-refractivity contribution >= 4 is 11.3 Å². The molecule has 0 spiro atoms. The lowest BCUT2D eigenvalue weighted by atomic mass is 10.3. The molecule has 0 atom stereocenters. The Bertz CT molecular complexity index is 378. The number of rotatable bonds is 6. The van der Waals surface area contributed by atoms with Crippen LogP contribution in [0.3, 0.4) is 0 Å². The van der Waals surface area contributed by atoms with E-state index < -0.39 is 0 Å². The number of ether oxygens (including phenoxy) is 1. The molecule has 1 aromatic rings. The highest BCUT2D eigenvalue weighted by Crippen LogP contribution is 2.15. The fourth-order valence-corrected chi connectivity index (χ4v) is 2.39. The molecule has 1 aromatic heterocycles. The van der Waals surface area contributed by atoms with Crippen molar-refractivity contribution in [2.24, 2.45) is 0 Å². The van der Waals surface area contributed by atoms with Crippen LogP contribution < -0.4 is 0 Å². The average Bonchev–Trinajstić information content (AvgIpc) is 2.74. The summed E-state index contributed by atoms with van der Waals surface area (Å²) in [5.74, 6) is 5.57. The van der Waals surface area contributed by atoms with Gasteiger partial charge in [0.15, 0.2) is 0 Å². The number of nitrogens with zero attached hydrogens (tertiary/aromatic N) is 1. The molecule has 4 heteroatoms. The van der Waals surface area contributed by atoms with E-state index in [1.807, 2.05) is 5.38 Å². The molecule has 0 amide bonds. The summed E-state index contributed by atoms with van der Waals surface area (Å²) < 4.78 is 5.02. The molecule has 0 saturated heterocycles. The molecule has 0 bridgehead atoms. The number of aliphatic hydroxyl groups is 1.